The Labute approximate surface area is 194 Å². The third kappa shape index (κ3) is 6.38. The van der Waals surface area contributed by atoms with E-state index in [2.05, 4.69) is 23.0 Å². The highest BCUT2D eigenvalue weighted by Gasteiger charge is 2.27. The highest BCUT2D eigenvalue weighted by molar-refractivity contribution is 7.97. The Morgan fingerprint density at radius 3 is 2.69 bits per heavy atom. The number of carbonyl (C=O) groups is 2. The second-order valence-corrected chi connectivity index (χ2v) is 9.31. The normalized spacial score (nSPS) is 15.2. The molecule has 0 saturated carbocycles. The molecule has 1 atom stereocenters. The maximum absolute atomic E-state index is 13.3. The van der Waals surface area contributed by atoms with Crippen molar-refractivity contribution in [3.05, 3.63) is 47.8 Å². The summed E-state index contributed by atoms with van der Waals surface area (Å²) in [6.07, 6.45) is 4.53. The summed E-state index contributed by atoms with van der Waals surface area (Å²) in [6.45, 7) is 7.87. The van der Waals surface area contributed by atoms with E-state index < -0.39 is 0 Å². The SMILES string of the molecule is CC(=O)Nc1ccc(SNC(CCn2cccc2C#N)C(=O)N2CCC(C)CC2)c(C)c1. The van der Waals surface area contributed by atoms with Gasteiger partial charge in [0.05, 0.1) is 6.04 Å². The van der Waals surface area contributed by atoms with Gasteiger partial charge < -0.3 is 14.8 Å². The monoisotopic (exact) mass is 453 g/mol. The van der Waals surface area contributed by atoms with Gasteiger partial charge in [0.15, 0.2) is 0 Å². The van der Waals surface area contributed by atoms with Crippen LogP contribution in [0.1, 0.15) is 44.4 Å². The number of nitrogens with one attached hydrogen (secondary N) is 2. The Balaban J connectivity index is 1.69. The van der Waals surface area contributed by atoms with E-state index in [1.165, 1.54) is 18.9 Å². The molecule has 2 aromatic rings. The fourth-order valence-electron chi connectivity index (χ4n) is 3.84. The van der Waals surface area contributed by atoms with Gasteiger partial charge in [-0.05, 0) is 79.9 Å². The summed E-state index contributed by atoms with van der Waals surface area (Å²) < 4.78 is 5.27. The molecular weight excluding hydrogens is 422 g/mol. The Hall–Kier alpha value is -2.76. The van der Waals surface area contributed by atoms with Crippen LogP contribution in [-0.2, 0) is 16.1 Å². The third-order valence-corrected chi connectivity index (χ3v) is 6.88. The molecule has 1 fully saturated rings. The maximum Gasteiger partial charge on any atom is 0.240 e. The lowest BCUT2D eigenvalue weighted by molar-refractivity contribution is -0.134. The van der Waals surface area contributed by atoms with E-state index in [1.807, 2.05) is 46.9 Å². The first kappa shape index (κ1) is 23.9. The molecule has 0 spiro atoms. The van der Waals surface area contributed by atoms with Crippen molar-refractivity contribution in [3.63, 3.8) is 0 Å². The van der Waals surface area contributed by atoms with E-state index in [-0.39, 0.29) is 17.9 Å². The zero-order valence-corrected chi connectivity index (χ0v) is 19.7. The highest BCUT2D eigenvalue weighted by Crippen LogP contribution is 2.25. The summed E-state index contributed by atoms with van der Waals surface area (Å²) in [7, 11) is 0. The predicted octanol–water partition coefficient (Wildman–Crippen LogP) is 3.94. The molecule has 0 aliphatic carbocycles. The molecule has 0 bridgehead atoms. The van der Waals surface area contributed by atoms with Crippen molar-refractivity contribution in [2.75, 3.05) is 18.4 Å². The minimum atomic E-state index is -0.364. The number of amides is 2. The summed E-state index contributed by atoms with van der Waals surface area (Å²) in [6, 6.07) is 11.2. The Kier molecular flexibility index (Phi) is 8.37. The zero-order chi connectivity index (χ0) is 23.1. The van der Waals surface area contributed by atoms with Gasteiger partial charge in [-0.1, -0.05) is 6.92 Å². The van der Waals surface area contributed by atoms with Crippen LogP contribution in [-0.4, -0.2) is 40.4 Å². The van der Waals surface area contributed by atoms with E-state index in [1.54, 1.807) is 6.07 Å². The third-order valence-electron chi connectivity index (χ3n) is 5.80. The van der Waals surface area contributed by atoms with Crippen molar-refractivity contribution in [1.82, 2.24) is 14.2 Å². The van der Waals surface area contributed by atoms with Crippen molar-refractivity contribution < 1.29 is 9.59 Å². The van der Waals surface area contributed by atoms with Crippen LogP contribution in [0.4, 0.5) is 5.69 Å². The summed E-state index contributed by atoms with van der Waals surface area (Å²) >= 11 is 1.44. The fourth-order valence-corrected chi connectivity index (χ4v) is 4.68. The zero-order valence-electron chi connectivity index (χ0n) is 18.9. The smallest absolute Gasteiger partial charge is 0.240 e. The fraction of sp³-hybridized carbons (Fsp3) is 0.458. The van der Waals surface area contributed by atoms with Gasteiger partial charge >= 0.3 is 0 Å². The first-order valence-corrected chi connectivity index (χ1v) is 11.8. The van der Waals surface area contributed by atoms with Crippen LogP contribution < -0.4 is 10.0 Å². The first-order chi connectivity index (χ1) is 15.4. The van der Waals surface area contributed by atoms with Crippen molar-refractivity contribution in [2.45, 2.75) is 57.5 Å². The molecule has 2 amide bonds. The standard InChI is InChI=1S/C24H31N5O2S/c1-17-8-12-29(13-9-17)24(31)22(10-14-28-11-4-5-21(28)16-25)27-32-23-7-6-20(15-18(23)2)26-19(3)30/h4-7,11,15,17,22,27H,8-10,12-14H2,1-3H3,(H,26,30). The van der Waals surface area contributed by atoms with Gasteiger partial charge in [0, 0.05) is 43.3 Å². The van der Waals surface area contributed by atoms with Crippen molar-refractivity contribution in [1.29, 1.82) is 5.26 Å². The van der Waals surface area contributed by atoms with Gasteiger partial charge in [0.1, 0.15) is 11.8 Å². The number of aromatic nitrogens is 1. The molecule has 1 unspecified atom stereocenters. The second-order valence-electron chi connectivity index (χ2n) is 8.43. The van der Waals surface area contributed by atoms with E-state index in [4.69, 9.17) is 0 Å². The average molecular weight is 454 g/mol. The number of anilines is 1. The number of likely N-dealkylation sites (tertiary alicyclic amines) is 1. The van der Waals surface area contributed by atoms with Gasteiger partial charge in [-0.15, -0.1) is 0 Å². The molecule has 32 heavy (non-hydrogen) atoms. The minimum absolute atomic E-state index is 0.105. The summed E-state index contributed by atoms with van der Waals surface area (Å²) in [5.41, 5.74) is 2.37. The lowest BCUT2D eigenvalue weighted by Crippen LogP contribution is -2.47. The molecule has 1 aliphatic heterocycles. The molecule has 170 valence electrons. The second kappa shape index (κ2) is 11.2. The van der Waals surface area contributed by atoms with Gasteiger partial charge in [-0.3, -0.25) is 9.59 Å². The molecular formula is C24H31N5O2S. The molecule has 1 aromatic heterocycles. The number of hydrogen-bond acceptors (Lipinski definition) is 5. The average Bonchev–Trinajstić information content (AvgIpc) is 3.22. The van der Waals surface area contributed by atoms with Gasteiger partial charge in [0.25, 0.3) is 0 Å². The topological polar surface area (TPSA) is 90.2 Å². The summed E-state index contributed by atoms with van der Waals surface area (Å²) in [5, 5.41) is 12.1. The summed E-state index contributed by atoms with van der Waals surface area (Å²) in [5.74, 6) is 0.663. The molecule has 1 aromatic carbocycles. The molecule has 1 aliphatic rings. The Morgan fingerprint density at radius 2 is 2.03 bits per heavy atom. The van der Waals surface area contributed by atoms with Crippen LogP contribution in [0.15, 0.2) is 41.4 Å². The maximum atomic E-state index is 13.3. The number of carbonyl (C=O) groups excluding carboxylic acids is 2. The van der Waals surface area contributed by atoms with Crippen molar-refractivity contribution in [2.24, 2.45) is 5.92 Å². The van der Waals surface area contributed by atoms with Crippen LogP contribution in [0.3, 0.4) is 0 Å². The number of aryl methyl sites for hydroxylation is 2. The molecule has 1 saturated heterocycles. The number of nitrogens with zero attached hydrogens (tertiary/aromatic N) is 3. The highest BCUT2D eigenvalue weighted by atomic mass is 32.2. The molecule has 7 nitrogen and oxygen atoms in total. The number of hydrogen-bond donors (Lipinski definition) is 2. The lowest BCUT2D eigenvalue weighted by Gasteiger charge is -2.33. The Morgan fingerprint density at radius 1 is 1.28 bits per heavy atom. The minimum Gasteiger partial charge on any atom is -0.341 e. The van der Waals surface area contributed by atoms with Crippen LogP contribution in [0, 0.1) is 24.2 Å². The molecule has 8 heteroatoms. The molecule has 2 N–H and O–H groups in total. The van der Waals surface area contributed by atoms with Crippen LogP contribution in [0.25, 0.3) is 0 Å². The number of rotatable bonds is 8. The van der Waals surface area contributed by atoms with Gasteiger partial charge in [0.2, 0.25) is 11.8 Å². The number of benzene rings is 1. The van der Waals surface area contributed by atoms with E-state index >= 15 is 0 Å². The van der Waals surface area contributed by atoms with Crippen LogP contribution in [0.5, 0.6) is 0 Å². The number of nitriles is 1. The molecule has 0 radical (unpaired) electrons. The Bertz CT molecular complexity index is 989. The van der Waals surface area contributed by atoms with E-state index in [0.717, 1.165) is 42.1 Å². The van der Waals surface area contributed by atoms with Crippen molar-refractivity contribution in [3.8, 4) is 6.07 Å². The molecule has 2 heterocycles. The first-order valence-electron chi connectivity index (χ1n) is 11.0. The van der Waals surface area contributed by atoms with E-state index in [9.17, 15) is 14.9 Å². The van der Waals surface area contributed by atoms with Crippen molar-refractivity contribution >= 4 is 29.4 Å². The van der Waals surface area contributed by atoms with Gasteiger partial charge in [-0.25, -0.2) is 4.72 Å². The van der Waals surface area contributed by atoms with Gasteiger partial charge in [-0.2, -0.15) is 5.26 Å². The van der Waals surface area contributed by atoms with E-state index in [0.29, 0.717) is 24.6 Å². The quantitative estimate of drug-likeness (QED) is 0.591. The largest absolute Gasteiger partial charge is 0.341 e. The predicted molar refractivity (Wildman–Crippen MR) is 127 cm³/mol. The number of piperidine rings is 1. The molecule has 3 rings (SSSR count). The summed E-state index contributed by atoms with van der Waals surface area (Å²) in [4.78, 5) is 27.6. The van der Waals surface area contributed by atoms with Crippen LogP contribution in [0.2, 0.25) is 0 Å². The lowest BCUT2D eigenvalue weighted by atomic mass is 9.98. The van der Waals surface area contributed by atoms with Crippen LogP contribution >= 0.6 is 11.9 Å².